The van der Waals surface area contributed by atoms with Gasteiger partial charge in [0.25, 0.3) is 0 Å². The second-order valence-electron chi connectivity index (χ2n) is 4.76. The van der Waals surface area contributed by atoms with E-state index < -0.39 is 0 Å². The average molecular weight is 275 g/mol. The molecule has 0 aliphatic carbocycles. The molecule has 1 unspecified atom stereocenters. The molecule has 1 aromatic carbocycles. The van der Waals surface area contributed by atoms with Gasteiger partial charge in [-0.1, -0.05) is 6.92 Å². The average Bonchev–Trinajstić information content (AvgIpc) is 2.45. The van der Waals surface area contributed by atoms with E-state index in [1.165, 1.54) is 6.07 Å². The fraction of sp³-hybridized carbons (Fsp3) is 0.333. The van der Waals surface area contributed by atoms with Crippen LogP contribution >= 0.6 is 0 Å². The zero-order valence-corrected chi connectivity index (χ0v) is 11.6. The van der Waals surface area contributed by atoms with Gasteiger partial charge in [-0.25, -0.2) is 14.4 Å². The van der Waals surface area contributed by atoms with Crippen LogP contribution in [0.5, 0.6) is 11.8 Å². The Morgan fingerprint density at radius 2 is 2.00 bits per heavy atom. The molecule has 2 N–H and O–H groups in total. The van der Waals surface area contributed by atoms with E-state index in [0.29, 0.717) is 11.3 Å². The Hall–Kier alpha value is -2.01. The van der Waals surface area contributed by atoms with E-state index in [9.17, 15) is 4.39 Å². The molecule has 0 saturated carbocycles. The van der Waals surface area contributed by atoms with Crippen molar-refractivity contribution in [2.24, 2.45) is 5.73 Å². The van der Waals surface area contributed by atoms with Crippen LogP contribution in [0.25, 0.3) is 0 Å². The van der Waals surface area contributed by atoms with Crippen molar-refractivity contribution in [1.29, 1.82) is 0 Å². The molecule has 20 heavy (non-hydrogen) atoms. The summed E-state index contributed by atoms with van der Waals surface area (Å²) in [5.74, 6) is 0.254. The molecule has 1 aromatic heterocycles. The van der Waals surface area contributed by atoms with E-state index in [0.717, 1.165) is 18.4 Å². The number of halogens is 1. The predicted octanol–water partition coefficient (Wildman–Crippen LogP) is 3.00. The number of aryl methyl sites for hydroxylation is 1. The Kier molecular flexibility index (Phi) is 4.63. The van der Waals surface area contributed by atoms with E-state index in [1.54, 1.807) is 31.5 Å². The molecule has 0 bridgehead atoms. The lowest BCUT2D eigenvalue weighted by molar-refractivity contribution is 0.438. The molecule has 5 heteroatoms. The molecule has 1 atom stereocenters. The molecule has 0 fully saturated rings. The third kappa shape index (κ3) is 3.74. The third-order valence-corrected chi connectivity index (χ3v) is 3.04. The van der Waals surface area contributed by atoms with E-state index in [-0.39, 0.29) is 17.9 Å². The highest BCUT2D eigenvalue weighted by molar-refractivity contribution is 5.30. The highest BCUT2D eigenvalue weighted by Crippen LogP contribution is 2.20. The van der Waals surface area contributed by atoms with Crippen LogP contribution in [-0.2, 0) is 6.42 Å². The molecule has 106 valence electrons. The van der Waals surface area contributed by atoms with Crippen molar-refractivity contribution < 1.29 is 9.13 Å². The maximum Gasteiger partial charge on any atom is 0.321 e. The Morgan fingerprint density at radius 3 is 2.60 bits per heavy atom. The van der Waals surface area contributed by atoms with Gasteiger partial charge in [-0.2, -0.15) is 0 Å². The first-order chi connectivity index (χ1) is 9.58. The first-order valence-corrected chi connectivity index (χ1v) is 6.59. The topological polar surface area (TPSA) is 61.0 Å². The molecule has 0 spiro atoms. The fourth-order valence-electron chi connectivity index (χ4n) is 1.73. The van der Waals surface area contributed by atoms with E-state index in [1.807, 2.05) is 6.92 Å². The minimum Gasteiger partial charge on any atom is -0.424 e. The van der Waals surface area contributed by atoms with Crippen molar-refractivity contribution in [2.75, 3.05) is 0 Å². The van der Waals surface area contributed by atoms with Crippen molar-refractivity contribution in [3.63, 3.8) is 0 Å². The highest BCUT2D eigenvalue weighted by atomic mass is 19.1. The lowest BCUT2D eigenvalue weighted by Gasteiger charge is -2.08. The summed E-state index contributed by atoms with van der Waals surface area (Å²) in [5, 5.41) is 0. The minimum atomic E-state index is -0.262. The summed E-state index contributed by atoms with van der Waals surface area (Å²) in [5.41, 5.74) is 7.37. The van der Waals surface area contributed by atoms with Crippen LogP contribution in [0.2, 0.25) is 0 Å². The molecule has 0 radical (unpaired) electrons. The number of hydrogen-bond donors (Lipinski definition) is 1. The summed E-state index contributed by atoms with van der Waals surface area (Å²) in [6.45, 7) is 3.72. The lowest BCUT2D eigenvalue weighted by Crippen LogP contribution is -2.21. The number of benzene rings is 1. The maximum absolute atomic E-state index is 13.1. The van der Waals surface area contributed by atoms with Crippen LogP contribution in [0.1, 0.15) is 24.5 Å². The summed E-state index contributed by atoms with van der Waals surface area (Å²) in [6.07, 6.45) is 5.06. The van der Waals surface area contributed by atoms with Gasteiger partial charge in [-0.3, -0.25) is 0 Å². The van der Waals surface area contributed by atoms with Gasteiger partial charge >= 0.3 is 6.01 Å². The number of aromatic nitrogens is 2. The molecule has 0 amide bonds. The summed E-state index contributed by atoms with van der Waals surface area (Å²) in [7, 11) is 0. The number of nitrogens with two attached hydrogens (primary N) is 1. The van der Waals surface area contributed by atoms with Crippen LogP contribution < -0.4 is 10.5 Å². The Labute approximate surface area is 117 Å². The van der Waals surface area contributed by atoms with E-state index >= 15 is 0 Å². The number of rotatable bonds is 5. The molecule has 0 saturated heterocycles. The van der Waals surface area contributed by atoms with Gasteiger partial charge in [-0.05, 0) is 49.1 Å². The third-order valence-electron chi connectivity index (χ3n) is 3.04. The second kappa shape index (κ2) is 6.43. The van der Waals surface area contributed by atoms with Gasteiger partial charge in [0, 0.05) is 18.4 Å². The standard InChI is InChI=1S/C15H18FN3O/c1-3-12(17)7-11-8-18-15(19-9-11)20-13-4-5-14(16)10(2)6-13/h4-6,8-9,12H,3,7,17H2,1-2H3. The maximum atomic E-state index is 13.1. The van der Waals surface area contributed by atoms with Gasteiger partial charge in [0.05, 0.1) is 0 Å². The van der Waals surface area contributed by atoms with Crippen molar-refractivity contribution in [1.82, 2.24) is 9.97 Å². The quantitative estimate of drug-likeness (QED) is 0.911. The molecule has 0 aliphatic rings. The molecule has 2 aromatic rings. The first-order valence-electron chi connectivity index (χ1n) is 6.59. The molecule has 1 heterocycles. The molecule has 0 aliphatic heterocycles. The van der Waals surface area contributed by atoms with Crippen LogP contribution in [0.3, 0.4) is 0 Å². The largest absolute Gasteiger partial charge is 0.424 e. The minimum absolute atomic E-state index is 0.116. The fourth-order valence-corrected chi connectivity index (χ4v) is 1.73. The molecule has 4 nitrogen and oxygen atoms in total. The number of ether oxygens (including phenoxy) is 1. The summed E-state index contributed by atoms with van der Waals surface area (Å²) in [6, 6.07) is 4.88. The van der Waals surface area contributed by atoms with E-state index in [2.05, 4.69) is 9.97 Å². The normalized spacial score (nSPS) is 12.2. The van der Waals surface area contributed by atoms with Gasteiger partial charge in [0.15, 0.2) is 0 Å². The number of nitrogens with zero attached hydrogens (tertiary/aromatic N) is 2. The van der Waals surface area contributed by atoms with Gasteiger partial charge in [0.1, 0.15) is 11.6 Å². The van der Waals surface area contributed by atoms with Crippen LogP contribution in [-0.4, -0.2) is 16.0 Å². The monoisotopic (exact) mass is 275 g/mol. The lowest BCUT2D eigenvalue weighted by atomic mass is 10.1. The van der Waals surface area contributed by atoms with E-state index in [4.69, 9.17) is 10.5 Å². The van der Waals surface area contributed by atoms with Gasteiger partial charge in [0.2, 0.25) is 0 Å². The molecular formula is C15H18FN3O. The summed E-state index contributed by atoms with van der Waals surface area (Å²) >= 11 is 0. The highest BCUT2D eigenvalue weighted by Gasteiger charge is 2.06. The Morgan fingerprint density at radius 1 is 1.30 bits per heavy atom. The summed E-state index contributed by atoms with van der Waals surface area (Å²) < 4.78 is 18.6. The van der Waals surface area contributed by atoms with Crippen LogP contribution in [0, 0.1) is 12.7 Å². The summed E-state index contributed by atoms with van der Waals surface area (Å²) in [4.78, 5) is 8.26. The molecule has 2 rings (SSSR count). The van der Waals surface area contributed by atoms with Crippen LogP contribution in [0.15, 0.2) is 30.6 Å². The molecular weight excluding hydrogens is 257 g/mol. The SMILES string of the molecule is CCC(N)Cc1cnc(Oc2ccc(F)c(C)c2)nc1. The predicted molar refractivity (Wildman–Crippen MR) is 75.2 cm³/mol. The van der Waals surface area contributed by atoms with Crippen LogP contribution in [0.4, 0.5) is 4.39 Å². The van der Waals surface area contributed by atoms with Crippen molar-refractivity contribution in [3.05, 3.63) is 47.5 Å². The van der Waals surface area contributed by atoms with Crippen molar-refractivity contribution >= 4 is 0 Å². The first kappa shape index (κ1) is 14.4. The zero-order valence-electron chi connectivity index (χ0n) is 11.6. The number of hydrogen-bond acceptors (Lipinski definition) is 4. The van der Waals surface area contributed by atoms with Crippen molar-refractivity contribution in [3.8, 4) is 11.8 Å². The second-order valence-corrected chi connectivity index (χ2v) is 4.76. The van der Waals surface area contributed by atoms with Gasteiger partial charge in [-0.15, -0.1) is 0 Å². The van der Waals surface area contributed by atoms with Gasteiger partial charge < -0.3 is 10.5 Å². The zero-order chi connectivity index (χ0) is 14.5. The Bertz CT molecular complexity index is 572. The Balaban J connectivity index is 2.04. The van der Waals surface area contributed by atoms with Crippen molar-refractivity contribution in [2.45, 2.75) is 32.7 Å². The smallest absolute Gasteiger partial charge is 0.321 e.